The Kier molecular flexibility index (Phi) is 2.60. The molecule has 0 atom stereocenters. The van der Waals surface area contributed by atoms with Crippen molar-refractivity contribution in [1.82, 2.24) is 15.0 Å². The number of H-pyrrole nitrogens is 2. The number of hydrogen-bond acceptors (Lipinski definition) is 4. The molecule has 3 rings (SSSR count). The molecule has 0 aliphatic heterocycles. The molecular formula is C13H9FN4O2. The van der Waals surface area contributed by atoms with Crippen LogP contribution in [0.3, 0.4) is 0 Å². The van der Waals surface area contributed by atoms with Gasteiger partial charge in [-0.15, -0.1) is 0 Å². The van der Waals surface area contributed by atoms with Crippen molar-refractivity contribution in [2.45, 2.75) is 0 Å². The molecule has 2 aromatic heterocycles. The largest absolute Gasteiger partial charge is 0.369 e. The Morgan fingerprint density at radius 2 is 1.95 bits per heavy atom. The van der Waals surface area contributed by atoms with Crippen LogP contribution in [0.1, 0.15) is 15.9 Å². The number of carbonyl (C=O) groups is 1. The fraction of sp³-hybridized carbons (Fsp3) is 0. The van der Waals surface area contributed by atoms with E-state index in [1.54, 1.807) is 0 Å². The molecule has 100 valence electrons. The molecule has 3 aromatic rings. The lowest BCUT2D eigenvalue weighted by Gasteiger charge is -1.99. The summed E-state index contributed by atoms with van der Waals surface area (Å²) in [6.07, 6.45) is 1.39. The van der Waals surface area contributed by atoms with Crippen molar-refractivity contribution in [3.8, 4) is 0 Å². The highest BCUT2D eigenvalue weighted by Crippen LogP contribution is 2.17. The molecule has 0 unspecified atom stereocenters. The number of nitrogens with zero attached hydrogens (tertiary/aromatic N) is 1. The molecule has 7 heteroatoms. The van der Waals surface area contributed by atoms with E-state index in [0.29, 0.717) is 5.56 Å². The summed E-state index contributed by atoms with van der Waals surface area (Å²) in [7, 11) is 0. The van der Waals surface area contributed by atoms with E-state index in [1.165, 1.54) is 30.5 Å². The van der Waals surface area contributed by atoms with Crippen molar-refractivity contribution in [1.29, 1.82) is 0 Å². The van der Waals surface area contributed by atoms with Gasteiger partial charge in [0.1, 0.15) is 16.9 Å². The number of carbonyl (C=O) groups excluding carboxylic acids is 1. The van der Waals surface area contributed by atoms with Crippen LogP contribution in [0.2, 0.25) is 0 Å². The molecule has 2 heterocycles. The van der Waals surface area contributed by atoms with Gasteiger partial charge in [-0.2, -0.15) is 0 Å². The van der Waals surface area contributed by atoms with Gasteiger partial charge in [-0.05, 0) is 24.3 Å². The smallest absolute Gasteiger partial charge is 0.276 e. The van der Waals surface area contributed by atoms with E-state index >= 15 is 0 Å². The van der Waals surface area contributed by atoms with Crippen molar-refractivity contribution >= 4 is 22.8 Å². The lowest BCUT2D eigenvalue weighted by molar-refractivity contribution is 0.104. The minimum atomic E-state index is -0.453. The van der Waals surface area contributed by atoms with Gasteiger partial charge >= 0.3 is 0 Å². The fourth-order valence-electron chi connectivity index (χ4n) is 1.96. The highest BCUT2D eigenvalue weighted by atomic mass is 19.1. The molecule has 0 saturated heterocycles. The molecule has 4 N–H and O–H groups in total. The first-order valence-corrected chi connectivity index (χ1v) is 5.73. The Labute approximate surface area is 111 Å². The summed E-state index contributed by atoms with van der Waals surface area (Å²) in [5.41, 5.74) is 5.89. The molecule has 6 nitrogen and oxygen atoms in total. The molecule has 0 saturated carbocycles. The Hall–Kier alpha value is -2.96. The van der Waals surface area contributed by atoms with Gasteiger partial charge in [-0.1, -0.05) is 0 Å². The predicted octanol–water partition coefficient (Wildman–Crippen LogP) is 1.20. The zero-order valence-electron chi connectivity index (χ0n) is 10.1. The minimum Gasteiger partial charge on any atom is -0.369 e. The Balaban J connectivity index is 2.17. The Bertz CT molecular complexity index is 864. The first-order chi connectivity index (χ1) is 9.56. The van der Waals surface area contributed by atoms with E-state index in [1.807, 2.05) is 0 Å². The van der Waals surface area contributed by atoms with Gasteiger partial charge < -0.3 is 10.7 Å². The number of aromatic nitrogens is 3. The van der Waals surface area contributed by atoms with Gasteiger partial charge in [0.05, 0.1) is 5.56 Å². The first kappa shape index (κ1) is 12.1. The van der Waals surface area contributed by atoms with Gasteiger partial charge in [0.2, 0.25) is 5.95 Å². The molecule has 20 heavy (non-hydrogen) atoms. The van der Waals surface area contributed by atoms with E-state index in [9.17, 15) is 14.0 Å². The number of aromatic amines is 2. The highest BCUT2D eigenvalue weighted by Gasteiger charge is 2.17. The molecule has 0 amide bonds. The van der Waals surface area contributed by atoms with Gasteiger partial charge in [0.15, 0.2) is 5.78 Å². The molecule has 0 spiro atoms. The number of nitrogens with one attached hydrogen (secondary N) is 2. The summed E-state index contributed by atoms with van der Waals surface area (Å²) >= 11 is 0. The third kappa shape index (κ3) is 1.85. The van der Waals surface area contributed by atoms with Crippen LogP contribution < -0.4 is 11.3 Å². The van der Waals surface area contributed by atoms with E-state index in [-0.39, 0.29) is 28.3 Å². The number of fused-ring (bicyclic) bond motifs is 1. The molecule has 0 aliphatic carbocycles. The monoisotopic (exact) mass is 272 g/mol. The highest BCUT2D eigenvalue weighted by molar-refractivity contribution is 6.15. The average Bonchev–Trinajstić information content (AvgIpc) is 2.82. The topological polar surface area (TPSA) is 105 Å². The summed E-state index contributed by atoms with van der Waals surface area (Å²) in [4.78, 5) is 32.9. The van der Waals surface area contributed by atoms with Crippen LogP contribution >= 0.6 is 0 Å². The number of hydrogen-bond donors (Lipinski definition) is 3. The zero-order chi connectivity index (χ0) is 14.3. The van der Waals surface area contributed by atoms with Crippen LogP contribution in [0.25, 0.3) is 11.0 Å². The van der Waals surface area contributed by atoms with E-state index in [0.717, 1.165) is 0 Å². The number of anilines is 1. The number of ketones is 1. The van der Waals surface area contributed by atoms with Gasteiger partial charge in [-0.25, -0.2) is 9.37 Å². The summed E-state index contributed by atoms with van der Waals surface area (Å²) < 4.78 is 12.9. The van der Waals surface area contributed by atoms with Crippen molar-refractivity contribution < 1.29 is 9.18 Å². The molecule has 1 aromatic carbocycles. The predicted molar refractivity (Wildman–Crippen MR) is 71.0 cm³/mol. The summed E-state index contributed by atoms with van der Waals surface area (Å²) in [5.74, 6) is -0.872. The molecule has 0 bridgehead atoms. The van der Waals surface area contributed by atoms with Crippen molar-refractivity contribution in [2.24, 2.45) is 0 Å². The maximum atomic E-state index is 12.9. The summed E-state index contributed by atoms with van der Waals surface area (Å²) in [5, 5.41) is 0. The van der Waals surface area contributed by atoms with Crippen LogP contribution in [-0.2, 0) is 0 Å². The number of nitrogen functional groups attached to an aromatic ring is 1. The Morgan fingerprint density at radius 3 is 2.65 bits per heavy atom. The molecule has 0 aliphatic rings. The zero-order valence-corrected chi connectivity index (χ0v) is 10.1. The quantitative estimate of drug-likeness (QED) is 0.609. The molecule has 0 radical (unpaired) electrons. The second kappa shape index (κ2) is 4.30. The van der Waals surface area contributed by atoms with Gasteiger partial charge in [0.25, 0.3) is 5.56 Å². The van der Waals surface area contributed by atoms with Crippen LogP contribution in [0.15, 0.2) is 35.3 Å². The maximum absolute atomic E-state index is 12.9. The van der Waals surface area contributed by atoms with E-state index < -0.39 is 11.4 Å². The molecular weight excluding hydrogens is 263 g/mol. The van der Waals surface area contributed by atoms with Gasteiger partial charge in [0, 0.05) is 11.8 Å². The van der Waals surface area contributed by atoms with Crippen LogP contribution in [0, 0.1) is 5.82 Å². The normalized spacial score (nSPS) is 10.8. The summed E-state index contributed by atoms with van der Waals surface area (Å²) in [6, 6.07) is 5.12. The third-order valence-electron chi connectivity index (χ3n) is 2.90. The van der Waals surface area contributed by atoms with Crippen LogP contribution in [0.5, 0.6) is 0 Å². The first-order valence-electron chi connectivity index (χ1n) is 5.73. The maximum Gasteiger partial charge on any atom is 0.276 e. The van der Waals surface area contributed by atoms with Crippen LogP contribution in [0.4, 0.5) is 10.3 Å². The second-order valence-electron chi connectivity index (χ2n) is 4.21. The molecule has 0 fully saturated rings. The number of benzene rings is 1. The SMILES string of the molecule is Nc1nc2c(C(=O)c3ccc(F)cc3)c[nH]c2c(=O)[nH]1. The van der Waals surface area contributed by atoms with Crippen LogP contribution in [-0.4, -0.2) is 20.7 Å². The standard InChI is InChI=1S/C13H9FN4O2/c14-7-3-1-6(2-4-7)11(19)8-5-16-10-9(8)17-13(15)18-12(10)20/h1-5,16H,(H3,15,17,18,20). The fourth-order valence-corrected chi connectivity index (χ4v) is 1.96. The third-order valence-corrected chi connectivity index (χ3v) is 2.90. The van der Waals surface area contributed by atoms with Crippen molar-refractivity contribution in [3.63, 3.8) is 0 Å². The van der Waals surface area contributed by atoms with E-state index in [4.69, 9.17) is 5.73 Å². The average molecular weight is 272 g/mol. The Morgan fingerprint density at radius 1 is 1.25 bits per heavy atom. The van der Waals surface area contributed by atoms with E-state index in [2.05, 4.69) is 15.0 Å². The number of nitrogens with two attached hydrogens (primary N) is 1. The van der Waals surface area contributed by atoms with Crippen molar-refractivity contribution in [2.75, 3.05) is 5.73 Å². The lowest BCUT2D eigenvalue weighted by atomic mass is 10.1. The van der Waals surface area contributed by atoms with Gasteiger partial charge in [-0.3, -0.25) is 14.6 Å². The second-order valence-corrected chi connectivity index (χ2v) is 4.21. The minimum absolute atomic E-state index is 0.0738. The number of rotatable bonds is 2. The summed E-state index contributed by atoms with van der Waals surface area (Å²) in [6.45, 7) is 0. The van der Waals surface area contributed by atoms with Crippen molar-refractivity contribution in [3.05, 3.63) is 57.8 Å². The number of halogens is 1. The lowest BCUT2D eigenvalue weighted by Crippen LogP contribution is -2.11.